The smallest absolute Gasteiger partial charge is 0.00714 e. The summed E-state index contributed by atoms with van der Waals surface area (Å²) in [6.45, 7) is 5.65. The van der Waals surface area contributed by atoms with E-state index in [0.717, 1.165) is 13.1 Å². The summed E-state index contributed by atoms with van der Waals surface area (Å²) < 4.78 is 0. The van der Waals surface area contributed by atoms with E-state index in [2.05, 4.69) is 5.32 Å². The zero-order valence-electron chi connectivity index (χ0n) is 5.49. The van der Waals surface area contributed by atoms with Crippen LogP contribution in [0.4, 0.5) is 0 Å². The van der Waals surface area contributed by atoms with Gasteiger partial charge in [-0.3, -0.25) is 0 Å². The first kappa shape index (κ1) is 10.0. The van der Waals surface area contributed by atoms with Crippen molar-refractivity contribution in [3.63, 3.8) is 0 Å². The maximum Gasteiger partial charge on any atom is 0.00714 e. The zero-order chi connectivity index (χ0) is 6.12. The fourth-order valence-electron chi connectivity index (χ4n) is 0.144. The molecule has 2 nitrogen and oxygen atoms in total. The number of rotatable bonds is 2. The molecule has 0 aromatic heterocycles. The lowest BCUT2D eigenvalue weighted by Gasteiger charge is -1.85. The summed E-state index contributed by atoms with van der Waals surface area (Å²) in [6.07, 6.45) is 0. The molecule has 0 amide bonds. The number of hydrogen-bond acceptors (Lipinski definition) is 2. The highest BCUT2D eigenvalue weighted by Crippen LogP contribution is 1.37. The quantitative estimate of drug-likeness (QED) is 0.525. The first-order chi connectivity index (χ1) is 3.41. The van der Waals surface area contributed by atoms with Gasteiger partial charge in [0.2, 0.25) is 0 Å². The molecule has 0 saturated carbocycles. The Hall–Kier alpha value is -0.0800. The van der Waals surface area contributed by atoms with Gasteiger partial charge in [-0.25, -0.2) is 0 Å². The molecule has 0 saturated heterocycles. The Kier molecular flexibility index (Phi) is 24.1. The average molecular weight is 104 g/mol. The summed E-state index contributed by atoms with van der Waals surface area (Å²) >= 11 is 0. The van der Waals surface area contributed by atoms with E-state index in [1.165, 1.54) is 0 Å². The predicted molar refractivity (Wildman–Crippen MR) is 34.3 cm³/mol. The van der Waals surface area contributed by atoms with Gasteiger partial charge in [0.15, 0.2) is 0 Å². The predicted octanol–water partition coefficient (Wildman–Crippen LogP) is 0.191. The number of hydrogen-bond donors (Lipinski definition) is 2. The van der Waals surface area contributed by atoms with E-state index < -0.39 is 0 Å². The van der Waals surface area contributed by atoms with Crippen molar-refractivity contribution < 1.29 is 0 Å². The Balaban J connectivity index is 0. The molecular weight excluding hydrogens is 88.1 g/mol. The maximum absolute atomic E-state index is 5.08. The second kappa shape index (κ2) is 16.8. The molecule has 0 aliphatic rings. The first-order valence-electron chi connectivity index (χ1n) is 2.76. The second-order valence-electron chi connectivity index (χ2n) is 0.892. The van der Waals surface area contributed by atoms with Crippen LogP contribution in [0.3, 0.4) is 0 Å². The molecule has 0 aliphatic carbocycles. The summed E-state index contributed by atoms with van der Waals surface area (Å²) in [7, 11) is 1.88. The van der Waals surface area contributed by atoms with E-state index in [0.29, 0.717) is 0 Å². The van der Waals surface area contributed by atoms with Crippen molar-refractivity contribution in [2.75, 3.05) is 20.1 Å². The first-order valence-corrected chi connectivity index (χ1v) is 2.76. The molecule has 0 heterocycles. The van der Waals surface area contributed by atoms with Crippen LogP contribution >= 0.6 is 0 Å². The van der Waals surface area contributed by atoms with Gasteiger partial charge in [-0.15, -0.1) is 0 Å². The topological polar surface area (TPSA) is 38.0 Å². The van der Waals surface area contributed by atoms with Crippen LogP contribution in [-0.4, -0.2) is 20.1 Å². The molecule has 7 heavy (non-hydrogen) atoms. The van der Waals surface area contributed by atoms with Gasteiger partial charge in [-0.2, -0.15) is 0 Å². The Morgan fingerprint density at radius 2 is 1.86 bits per heavy atom. The third-order valence-electron chi connectivity index (χ3n) is 0.394. The molecule has 0 unspecified atom stereocenters. The van der Waals surface area contributed by atoms with Gasteiger partial charge in [0.1, 0.15) is 0 Å². The van der Waals surface area contributed by atoms with Gasteiger partial charge in [0.05, 0.1) is 0 Å². The number of nitrogens with two attached hydrogens (primary N) is 1. The van der Waals surface area contributed by atoms with Gasteiger partial charge >= 0.3 is 0 Å². The summed E-state index contributed by atoms with van der Waals surface area (Å²) in [5.74, 6) is 0. The van der Waals surface area contributed by atoms with E-state index in [9.17, 15) is 0 Å². The third kappa shape index (κ3) is 24.7. The molecule has 0 aromatic rings. The lowest BCUT2D eigenvalue weighted by Crippen LogP contribution is -2.17. The lowest BCUT2D eigenvalue weighted by molar-refractivity contribution is 0.802. The van der Waals surface area contributed by atoms with E-state index in [1.54, 1.807) is 0 Å². The lowest BCUT2D eigenvalue weighted by atomic mass is 10.7. The number of likely N-dealkylation sites (N-methyl/N-ethyl adjacent to an activating group) is 1. The summed E-state index contributed by atoms with van der Waals surface area (Å²) in [5, 5.41) is 2.89. The zero-order valence-corrected chi connectivity index (χ0v) is 5.49. The highest BCUT2D eigenvalue weighted by Gasteiger charge is 1.64. The van der Waals surface area contributed by atoms with Crippen molar-refractivity contribution in [2.24, 2.45) is 5.73 Å². The van der Waals surface area contributed by atoms with E-state index in [-0.39, 0.29) is 0 Å². The Bertz CT molecular complexity index is 13.6. The van der Waals surface area contributed by atoms with E-state index in [1.807, 2.05) is 20.9 Å². The molecule has 0 aromatic carbocycles. The fraction of sp³-hybridized carbons (Fsp3) is 1.00. The molecule has 0 bridgehead atoms. The number of nitrogens with one attached hydrogen (secondary N) is 1. The summed E-state index contributed by atoms with van der Waals surface area (Å²) in [4.78, 5) is 0. The summed E-state index contributed by atoms with van der Waals surface area (Å²) in [6, 6.07) is 0. The van der Waals surface area contributed by atoms with Crippen LogP contribution in [0.15, 0.2) is 0 Å². The molecule has 0 fully saturated rings. The minimum Gasteiger partial charge on any atom is -0.329 e. The van der Waals surface area contributed by atoms with Crippen LogP contribution in [0.1, 0.15) is 13.8 Å². The normalized spacial score (nSPS) is 6.86. The van der Waals surface area contributed by atoms with Gasteiger partial charge in [0, 0.05) is 13.1 Å². The molecule has 3 N–H and O–H groups in total. The molecule has 0 aliphatic heterocycles. The highest BCUT2D eigenvalue weighted by atomic mass is 14.8. The Labute approximate surface area is 46.1 Å². The monoisotopic (exact) mass is 104 g/mol. The van der Waals surface area contributed by atoms with Gasteiger partial charge in [-0.05, 0) is 7.05 Å². The molecule has 0 rings (SSSR count). The molecule has 0 spiro atoms. The van der Waals surface area contributed by atoms with Crippen molar-refractivity contribution in [3.05, 3.63) is 0 Å². The molecule has 0 atom stereocenters. The van der Waals surface area contributed by atoms with Crippen LogP contribution in [-0.2, 0) is 0 Å². The van der Waals surface area contributed by atoms with E-state index in [4.69, 9.17) is 5.73 Å². The third-order valence-corrected chi connectivity index (χ3v) is 0.394. The molecular formula is C5H16N2. The van der Waals surface area contributed by atoms with Crippen molar-refractivity contribution in [1.29, 1.82) is 0 Å². The Morgan fingerprint density at radius 1 is 1.43 bits per heavy atom. The van der Waals surface area contributed by atoms with Crippen LogP contribution in [0.25, 0.3) is 0 Å². The fourth-order valence-corrected chi connectivity index (χ4v) is 0.144. The van der Waals surface area contributed by atoms with Crippen molar-refractivity contribution in [2.45, 2.75) is 13.8 Å². The van der Waals surface area contributed by atoms with Crippen molar-refractivity contribution in [3.8, 4) is 0 Å². The molecule has 2 heteroatoms. The van der Waals surface area contributed by atoms with E-state index >= 15 is 0 Å². The Morgan fingerprint density at radius 3 is 1.86 bits per heavy atom. The van der Waals surface area contributed by atoms with Crippen LogP contribution in [0.5, 0.6) is 0 Å². The molecule has 0 radical (unpaired) electrons. The van der Waals surface area contributed by atoms with Crippen LogP contribution < -0.4 is 11.1 Å². The van der Waals surface area contributed by atoms with Gasteiger partial charge < -0.3 is 11.1 Å². The minimum atomic E-state index is 0.733. The van der Waals surface area contributed by atoms with Crippen molar-refractivity contribution >= 4 is 0 Å². The maximum atomic E-state index is 5.08. The minimum absolute atomic E-state index is 0.733. The summed E-state index contributed by atoms with van der Waals surface area (Å²) in [5.41, 5.74) is 5.08. The largest absolute Gasteiger partial charge is 0.329 e. The van der Waals surface area contributed by atoms with Crippen LogP contribution in [0.2, 0.25) is 0 Å². The van der Waals surface area contributed by atoms with Gasteiger partial charge in [-0.1, -0.05) is 13.8 Å². The molecule has 46 valence electrons. The average Bonchev–Trinajstić information content (AvgIpc) is 1.75. The van der Waals surface area contributed by atoms with Crippen LogP contribution in [0, 0.1) is 0 Å². The SMILES string of the molecule is CC.CNCCN. The van der Waals surface area contributed by atoms with Crippen molar-refractivity contribution in [1.82, 2.24) is 5.32 Å². The standard InChI is InChI=1S/C3H10N2.C2H6/c1-5-3-2-4;1-2/h5H,2-4H2,1H3;1-2H3. The van der Waals surface area contributed by atoms with Gasteiger partial charge in [0.25, 0.3) is 0 Å². The highest BCUT2D eigenvalue weighted by molar-refractivity contribution is 4.33. The second-order valence-corrected chi connectivity index (χ2v) is 0.892.